The summed E-state index contributed by atoms with van der Waals surface area (Å²) in [5.41, 5.74) is -0.864. The highest BCUT2D eigenvalue weighted by Gasteiger charge is 2.43. The summed E-state index contributed by atoms with van der Waals surface area (Å²) < 4.78 is 1.67. The lowest BCUT2D eigenvalue weighted by Crippen LogP contribution is -2.35. The van der Waals surface area contributed by atoms with Gasteiger partial charge in [-0.05, 0) is 23.3 Å². The third-order valence-electron chi connectivity index (χ3n) is 3.67. The van der Waals surface area contributed by atoms with E-state index in [0.717, 1.165) is 18.7 Å². The number of aromatic nitrogens is 4. The number of carbonyl (C=O) groups is 1. The number of hydrogen-bond donors (Lipinski definition) is 1. The van der Waals surface area contributed by atoms with E-state index in [0.29, 0.717) is 19.4 Å². The molecule has 1 heterocycles. The summed E-state index contributed by atoms with van der Waals surface area (Å²) in [5.74, 6) is 0.0189. The molecular weight excluding hydrogens is 232 g/mol. The molecule has 1 fully saturated rings. The summed E-state index contributed by atoms with van der Waals surface area (Å²) in [6.07, 6.45) is 3.37. The molecule has 18 heavy (non-hydrogen) atoms. The number of carboxylic acid groups (broad SMARTS) is 1. The van der Waals surface area contributed by atoms with Crippen LogP contribution in [0.1, 0.15) is 52.3 Å². The van der Waals surface area contributed by atoms with Gasteiger partial charge in [0.05, 0.1) is 12.0 Å². The Morgan fingerprint density at radius 1 is 1.39 bits per heavy atom. The van der Waals surface area contributed by atoms with E-state index in [9.17, 15) is 9.90 Å². The molecule has 1 aliphatic rings. The van der Waals surface area contributed by atoms with E-state index >= 15 is 0 Å². The average molecular weight is 252 g/mol. The van der Waals surface area contributed by atoms with Crippen LogP contribution in [0.5, 0.6) is 0 Å². The largest absolute Gasteiger partial charge is 0.481 e. The zero-order valence-electron chi connectivity index (χ0n) is 11.2. The fraction of sp³-hybridized carbons (Fsp3) is 0.833. The summed E-state index contributed by atoms with van der Waals surface area (Å²) >= 11 is 0. The van der Waals surface area contributed by atoms with Gasteiger partial charge in [-0.2, -0.15) is 0 Å². The molecule has 6 heteroatoms. The van der Waals surface area contributed by atoms with Crippen molar-refractivity contribution in [2.75, 3.05) is 0 Å². The first-order valence-electron chi connectivity index (χ1n) is 6.35. The van der Waals surface area contributed by atoms with Crippen LogP contribution in [0.15, 0.2) is 0 Å². The van der Waals surface area contributed by atoms with Crippen LogP contribution in [0.25, 0.3) is 0 Å². The Kier molecular flexibility index (Phi) is 3.12. The van der Waals surface area contributed by atoms with Gasteiger partial charge in [0, 0.05) is 5.41 Å². The maximum Gasteiger partial charge on any atom is 0.311 e. The van der Waals surface area contributed by atoms with Crippen molar-refractivity contribution in [1.29, 1.82) is 0 Å². The zero-order valence-corrected chi connectivity index (χ0v) is 11.2. The Labute approximate surface area is 106 Å². The monoisotopic (exact) mass is 252 g/mol. The predicted molar refractivity (Wildman–Crippen MR) is 65.1 cm³/mol. The van der Waals surface area contributed by atoms with Crippen molar-refractivity contribution in [3.63, 3.8) is 0 Å². The van der Waals surface area contributed by atoms with Crippen molar-refractivity contribution in [2.24, 2.45) is 5.41 Å². The van der Waals surface area contributed by atoms with Gasteiger partial charge in [0.25, 0.3) is 0 Å². The number of hydrogen-bond acceptors (Lipinski definition) is 4. The van der Waals surface area contributed by atoms with Crippen molar-refractivity contribution >= 4 is 5.97 Å². The minimum absolute atomic E-state index is 0.179. The second kappa shape index (κ2) is 4.33. The van der Waals surface area contributed by atoms with Crippen LogP contribution < -0.4 is 0 Å². The lowest BCUT2D eigenvalue weighted by Gasteiger charge is -2.25. The van der Waals surface area contributed by atoms with Crippen molar-refractivity contribution in [3.05, 3.63) is 5.82 Å². The molecule has 0 saturated heterocycles. The van der Waals surface area contributed by atoms with Gasteiger partial charge in [0.1, 0.15) is 0 Å². The molecule has 1 aromatic heterocycles. The Morgan fingerprint density at radius 2 is 2.00 bits per heavy atom. The second-order valence-electron chi connectivity index (χ2n) is 6.20. The Morgan fingerprint density at radius 3 is 2.50 bits per heavy atom. The van der Waals surface area contributed by atoms with Gasteiger partial charge < -0.3 is 5.11 Å². The topological polar surface area (TPSA) is 80.9 Å². The molecule has 0 radical (unpaired) electrons. The molecule has 1 aromatic rings. The van der Waals surface area contributed by atoms with Gasteiger partial charge in [0.2, 0.25) is 0 Å². The van der Waals surface area contributed by atoms with Crippen molar-refractivity contribution in [1.82, 2.24) is 20.2 Å². The van der Waals surface area contributed by atoms with E-state index in [1.165, 1.54) is 0 Å². The summed E-state index contributed by atoms with van der Waals surface area (Å²) in [5, 5.41) is 21.2. The summed E-state index contributed by atoms with van der Waals surface area (Å²) in [4.78, 5) is 11.5. The Hall–Kier alpha value is -1.46. The summed E-state index contributed by atoms with van der Waals surface area (Å²) in [6, 6.07) is 0. The number of aliphatic carboxylic acids is 1. The molecule has 1 N–H and O–H groups in total. The van der Waals surface area contributed by atoms with E-state index < -0.39 is 11.4 Å². The smallest absolute Gasteiger partial charge is 0.311 e. The predicted octanol–water partition coefficient (Wildman–Crippen LogP) is 1.62. The van der Waals surface area contributed by atoms with E-state index in [2.05, 4.69) is 15.5 Å². The first kappa shape index (κ1) is 13.0. The molecule has 1 saturated carbocycles. The van der Waals surface area contributed by atoms with Gasteiger partial charge >= 0.3 is 5.97 Å². The molecule has 1 aliphatic carbocycles. The maximum atomic E-state index is 11.5. The molecule has 0 aliphatic heterocycles. The van der Waals surface area contributed by atoms with Crippen LogP contribution in [-0.4, -0.2) is 31.3 Å². The Bertz CT molecular complexity index is 441. The quantitative estimate of drug-likeness (QED) is 0.884. The lowest BCUT2D eigenvalue weighted by molar-refractivity contribution is -0.149. The number of tetrazole rings is 1. The molecule has 0 aromatic carbocycles. The van der Waals surface area contributed by atoms with Crippen LogP contribution in [-0.2, 0) is 16.8 Å². The van der Waals surface area contributed by atoms with Crippen molar-refractivity contribution in [3.8, 4) is 0 Å². The maximum absolute atomic E-state index is 11.5. The van der Waals surface area contributed by atoms with E-state index in [-0.39, 0.29) is 5.41 Å². The van der Waals surface area contributed by atoms with Gasteiger partial charge in [-0.3, -0.25) is 4.79 Å². The minimum atomic E-state index is -0.727. The first-order valence-corrected chi connectivity index (χ1v) is 6.35. The van der Waals surface area contributed by atoms with E-state index in [1.54, 1.807) is 4.68 Å². The molecule has 0 unspecified atom stereocenters. The SMILES string of the molecule is CC(C)(C)c1nnnn1CC1(C(=O)O)CCCC1. The summed E-state index contributed by atoms with van der Waals surface area (Å²) in [6.45, 7) is 6.45. The molecule has 0 bridgehead atoms. The second-order valence-corrected chi connectivity index (χ2v) is 6.20. The van der Waals surface area contributed by atoms with Crippen LogP contribution in [0.3, 0.4) is 0 Å². The van der Waals surface area contributed by atoms with Crippen LogP contribution in [0.2, 0.25) is 0 Å². The summed E-state index contributed by atoms with van der Waals surface area (Å²) in [7, 11) is 0. The van der Waals surface area contributed by atoms with Gasteiger partial charge in [-0.15, -0.1) is 5.10 Å². The molecule has 6 nitrogen and oxygen atoms in total. The van der Waals surface area contributed by atoms with Crippen LogP contribution in [0, 0.1) is 5.41 Å². The molecule has 100 valence electrons. The molecule has 0 atom stereocenters. The van der Waals surface area contributed by atoms with E-state index in [4.69, 9.17) is 0 Å². The van der Waals surface area contributed by atoms with Crippen molar-refractivity contribution < 1.29 is 9.90 Å². The molecule has 0 spiro atoms. The lowest BCUT2D eigenvalue weighted by atomic mass is 9.86. The van der Waals surface area contributed by atoms with E-state index in [1.807, 2.05) is 20.8 Å². The van der Waals surface area contributed by atoms with Crippen LogP contribution >= 0.6 is 0 Å². The van der Waals surface area contributed by atoms with Gasteiger partial charge in [-0.25, -0.2) is 4.68 Å². The zero-order chi connectivity index (χ0) is 13.4. The number of carboxylic acids is 1. The number of nitrogens with zero attached hydrogens (tertiary/aromatic N) is 4. The first-order chi connectivity index (χ1) is 8.35. The highest BCUT2D eigenvalue weighted by atomic mass is 16.4. The average Bonchev–Trinajstić information content (AvgIpc) is 2.86. The number of rotatable bonds is 3. The standard InChI is InChI=1S/C12H20N4O2/c1-11(2,3)9-13-14-15-16(9)8-12(10(17)18)6-4-5-7-12/h4-8H2,1-3H3,(H,17,18). The highest BCUT2D eigenvalue weighted by Crippen LogP contribution is 2.40. The Balaban J connectivity index is 2.28. The molecular formula is C12H20N4O2. The highest BCUT2D eigenvalue weighted by molar-refractivity contribution is 5.74. The molecule has 0 amide bonds. The normalized spacial score (nSPS) is 19.1. The minimum Gasteiger partial charge on any atom is -0.481 e. The van der Waals surface area contributed by atoms with Crippen LogP contribution in [0.4, 0.5) is 0 Å². The molecule has 2 rings (SSSR count). The fourth-order valence-electron chi connectivity index (χ4n) is 2.63. The third kappa shape index (κ3) is 2.23. The third-order valence-corrected chi connectivity index (χ3v) is 3.67. The fourth-order valence-corrected chi connectivity index (χ4v) is 2.63. The van der Waals surface area contributed by atoms with Crippen molar-refractivity contribution in [2.45, 2.75) is 58.4 Å². The van der Waals surface area contributed by atoms with Gasteiger partial charge in [0.15, 0.2) is 5.82 Å². The van der Waals surface area contributed by atoms with Gasteiger partial charge in [-0.1, -0.05) is 33.6 Å².